The Morgan fingerprint density at radius 1 is 1.47 bits per heavy atom. The van der Waals surface area contributed by atoms with E-state index in [2.05, 4.69) is 24.2 Å². The van der Waals surface area contributed by atoms with Crippen molar-refractivity contribution in [3.8, 4) is 0 Å². The minimum absolute atomic E-state index is 0.166. The van der Waals surface area contributed by atoms with Crippen molar-refractivity contribution in [2.75, 3.05) is 12.3 Å². The average molecular weight is 280 g/mol. The number of aryl methyl sites for hydroxylation is 1. The number of amidine groups is 1. The topological polar surface area (TPSA) is 24.4 Å². The predicted octanol–water partition coefficient (Wildman–Crippen LogP) is 3.39. The predicted molar refractivity (Wildman–Crippen MR) is 81.4 cm³/mol. The molecule has 1 aromatic carbocycles. The fourth-order valence-electron chi connectivity index (χ4n) is 2.08. The standard InChI is InChI=1S/C15H21FN2S/c1-10(2)14-9-19-15(18-14)17-7-6-12-4-5-13(16)8-11(12)3/h4-5,8,10,14H,6-7,9H2,1-3H3,(H,17,18). The monoisotopic (exact) mass is 280 g/mol. The van der Waals surface area contributed by atoms with Crippen LogP contribution in [0.5, 0.6) is 0 Å². The molecule has 104 valence electrons. The molecule has 1 atom stereocenters. The molecule has 2 nitrogen and oxygen atoms in total. The first-order chi connectivity index (χ1) is 9.06. The van der Waals surface area contributed by atoms with Crippen molar-refractivity contribution in [3.63, 3.8) is 0 Å². The van der Waals surface area contributed by atoms with Gasteiger partial charge in [0.15, 0.2) is 5.17 Å². The lowest BCUT2D eigenvalue weighted by Crippen LogP contribution is -2.31. The van der Waals surface area contributed by atoms with Gasteiger partial charge in [-0.3, -0.25) is 4.99 Å². The molecule has 1 aliphatic heterocycles. The summed E-state index contributed by atoms with van der Waals surface area (Å²) >= 11 is 1.80. The Kier molecular flexibility index (Phi) is 4.86. The van der Waals surface area contributed by atoms with E-state index in [9.17, 15) is 4.39 Å². The highest BCUT2D eigenvalue weighted by Crippen LogP contribution is 2.19. The molecule has 4 heteroatoms. The Morgan fingerprint density at radius 3 is 2.89 bits per heavy atom. The lowest BCUT2D eigenvalue weighted by atomic mass is 10.1. The van der Waals surface area contributed by atoms with E-state index in [1.54, 1.807) is 17.8 Å². The average Bonchev–Trinajstić information content (AvgIpc) is 2.81. The highest BCUT2D eigenvalue weighted by Gasteiger charge is 2.22. The van der Waals surface area contributed by atoms with E-state index < -0.39 is 0 Å². The summed E-state index contributed by atoms with van der Waals surface area (Å²) in [5, 5.41) is 4.51. The van der Waals surface area contributed by atoms with E-state index in [0.717, 1.165) is 29.4 Å². The molecule has 1 aromatic rings. The zero-order valence-corrected chi connectivity index (χ0v) is 12.6. The van der Waals surface area contributed by atoms with E-state index in [-0.39, 0.29) is 5.82 Å². The second-order valence-electron chi connectivity index (χ2n) is 5.31. The molecule has 1 aliphatic rings. The van der Waals surface area contributed by atoms with Gasteiger partial charge in [0.25, 0.3) is 0 Å². The van der Waals surface area contributed by atoms with Gasteiger partial charge in [-0.15, -0.1) is 0 Å². The summed E-state index contributed by atoms with van der Waals surface area (Å²) in [6.07, 6.45) is 0.865. The van der Waals surface area contributed by atoms with E-state index in [0.29, 0.717) is 12.0 Å². The molecule has 0 bridgehead atoms. The largest absolute Gasteiger partial charge is 0.361 e. The van der Waals surface area contributed by atoms with Gasteiger partial charge in [0.05, 0.1) is 0 Å². The third-order valence-electron chi connectivity index (χ3n) is 3.45. The molecule has 1 saturated heterocycles. The van der Waals surface area contributed by atoms with E-state index >= 15 is 0 Å². The maximum Gasteiger partial charge on any atom is 0.156 e. The summed E-state index contributed by atoms with van der Waals surface area (Å²) in [4.78, 5) is 4.59. The van der Waals surface area contributed by atoms with Gasteiger partial charge in [-0.25, -0.2) is 4.39 Å². The number of rotatable bonds is 4. The molecule has 0 spiro atoms. The quantitative estimate of drug-likeness (QED) is 0.914. The molecule has 0 saturated carbocycles. The highest BCUT2D eigenvalue weighted by atomic mass is 32.2. The molecule has 0 aliphatic carbocycles. The van der Waals surface area contributed by atoms with Crippen LogP contribution in [-0.4, -0.2) is 23.5 Å². The fourth-order valence-corrected chi connectivity index (χ4v) is 3.30. The zero-order chi connectivity index (χ0) is 13.8. The normalized spacial score (nSPS) is 21.1. The molecule has 1 N–H and O–H groups in total. The minimum atomic E-state index is -0.166. The number of benzene rings is 1. The maximum absolute atomic E-state index is 13.0. The van der Waals surface area contributed by atoms with Crippen LogP contribution >= 0.6 is 11.8 Å². The molecular weight excluding hydrogens is 259 g/mol. The van der Waals surface area contributed by atoms with Gasteiger partial charge in [0.2, 0.25) is 0 Å². The summed E-state index contributed by atoms with van der Waals surface area (Å²) in [6.45, 7) is 7.15. The molecule has 1 heterocycles. The fraction of sp³-hybridized carbons (Fsp3) is 0.533. The van der Waals surface area contributed by atoms with Gasteiger partial charge >= 0.3 is 0 Å². The first kappa shape index (κ1) is 14.4. The summed E-state index contributed by atoms with van der Waals surface area (Å²) < 4.78 is 13.0. The Labute approximate surface area is 118 Å². The number of hydrogen-bond acceptors (Lipinski definition) is 2. The van der Waals surface area contributed by atoms with Gasteiger partial charge in [-0.05, 0) is 42.5 Å². The third-order valence-corrected chi connectivity index (χ3v) is 4.50. The van der Waals surface area contributed by atoms with Crippen molar-refractivity contribution in [1.29, 1.82) is 0 Å². The molecule has 2 rings (SSSR count). The summed E-state index contributed by atoms with van der Waals surface area (Å²) in [5.74, 6) is 1.58. The van der Waals surface area contributed by atoms with Crippen LogP contribution in [0.2, 0.25) is 0 Å². The van der Waals surface area contributed by atoms with Crippen LogP contribution in [0.25, 0.3) is 0 Å². The molecule has 0 amide bonds. The minimum Gasteiger partial charge on any atom is -0.361 e. The molecule has 0 aromatic heterocycles. The van der Waals surface area contributed by atoms with Gasteiger partial charge in [0, 0.05) is 18.3 Å². The smallest absolute Gasteiger partial charge is 0.156 e. The zero-order valence-electron chi connectivity index (χ0n) is 11.7. The molecule has 19 heavy (non-hydrogen) atoms. The van der Waals surface area contributed by atoms with Gasteiger partial charge in [0.1, 0.15) is 5.82 Å². The van der Waals surface area contributed by atoms with Crippen molar-refractivity contribution in [2.45, 2.75) is 33.2 Å². The van der Waals surface area contributed by atoms with Crippen LogP contribution in [0, 0.1) is 18.7 Å². The lowest BCUT2D eigenvalue weighted by Gasteiger charge is -2.13. The molecular formula is C15H21FN2S. The van der Waals surface area contributed by atoms with Crippen molar-refractivity contribution in [1.82, 2.24) is 5.32 Å². The number of halogens is 1. The first-order valence-electron chi connectivity index (χ1n) is 6.75. The summed E-state index contributed by atoms with van der Waals surface area (Å²) in [6, 6.07) is 5.50. The van der Waals surface area contributed by atoms with E-state index in [1.165, 1.54) is 11.6 Å². The number of nitrogens with zero attached hydrogens (tertiary/aromatic N) is 1. The Bertz CT molecular complexity index is 471. The van der Waals surface area contributed by atoms with Crippen molar-refractivity contribution in [3.05, 3.63) is 35.1 Å². The SMILES string of the molecule is Cc1cc(F)ccc1CCN=C1NC(C(C)C)CS1. The van der Waals surface area contributed by atoms with Crippen molar-refractivity contribution >= 4 is 16.9 Å². The number of thioether (sulfide) groups is 1. The van der Waals surface area contributed by atoms with Gasteiger partial charge in [-0.1, -0.05) is 31.7 Å². The Balaban J connectivity index is 1.86. The number of nitrogens with one attached hydrogen (secondary N) is 1. The maximum atomic E-state index is 13.0. The van der Waals surface area contributed by atoms with Gasteiger partial charge in [-0.2, -0.15) is 0 Å². The molecule has 0 radical (unpaired) electrons. The molecule has 1 fully saturated rings. The van der Waals surface area contributed by atoms with Gasteiger partial charge < -0.3 is 5.32 Å². The van der Waals surface area contributed by atoms with Crippen LogP contribution in [0.15, 0.2) is 23.2 Å². The number of aliphatic imine (C=N–C) groups is 1. The van der Waals surface area contributed by atoms with Crippen LogP contribution in [0.1, 0.15) is 25.0 Å². The van der Waals surface area contributed by atoms with Crippen LogP contribution < -0.4 is 5.32 Å². The van der Waals surface area contributed by atoms with Crippen LogP contribution in [0.4, 0.5) is 4.39 Å². The first-order valence-corrected chi connectivity index (χ1v) is 7.73. The van der Waals surface area contributed by atoms with E-state index in [4.69, 9.17) is 0 Å². The molecule has 1 unspecified atom stereocenters. The Morgan fingerprint density at radius 2 is 2.26 bits per heavy atom. The highest BCUT2D eigenvalue weighted by molar-refractivity contribution is 8.14. The van der Waals surface area contributed by atoms with Crippen molar-refractivity contribution in [2.24, 2.45) is 10.9 Å². The number of hydrogen-bond donors (Lipinski definition) is 1. The summed E-state index contributed by atoms with van der Waals surface area (Å²) in [5.41, 5.74) is 2.18. The van der Waals surface area contributed by atoms with Crippen LogP contribution in [0.3, 0.4) is 0 Å². The second-order valence-corrected chi connectivity index (χ2v) is 6.32. The second kappa shape index (κ2) is 6.42. The van der Waals surface area contributed by atoms with E-state index in [1.807, 2.05) is 13.0 Å². The third kappa shape index (κ3) is 3.96. The summed E-state index contributed by atoms with van der Waals surface area (Å²) in [7, 11) is 0. The van der Waals surface area contributed by atoms with Crippen LogP contribution in [-0.2, 0) is 6.42 Å². The Hall–Kier alpha value is -1.03. The lowest BCUT2D eigenvalue weighted by molar-refractivity contribution is 0.503. The van der Waals surface area contributed by atoms with Crippen molar-refractivity contribution < 1.29 is 4.39 Å².